The first-order chi connectivity index (χ1) is 15.4. The highest BCUT2D eigenvalue weighted by molar-refractivity contribution is 8.01. The Bertz CT molecular complexity index is 1220. The summed E-state index contributed by atoms with van der Waals surface area (Å²) in [7, 11) is 0. The van der Waals surface area contributed by atoms with Gasteiger partial charge in [-0.1, -0.05) is 41.4 Å². The maximum absolute atomic E-state index is 14.4. The fourth-order valence-corrected chi connectivity index (χ4v) is 5.95. The molecule has 1 spiro atoms. The maximum Gasteiger partial charge on any atom is 0.268 e. The normalized spacial score (nSPS) is 19.7. The number of anilines is 1. The van der Waals surface area contributed by atoms with Crippen LogP contribution in [-0.2, 0) is 16.2 Å². The topological polar surface area (TPSA) is 40.6 Å². The van der Waals surface area contributed by atoms with Crippen molar-refractivity contribution in [2.75, 3.05) is 17.2 Å². The Labute approximate surface area is 195 Å². The molecular weight excluding hydrogens is 447 g/mol. The lowest BCUT2D eigenvalue weighted by Gasteiger charge is -2.33. The zero-order valence-electron chi connectivity index (χ0n) is 17.3. The number of amides is 2. The van der Waals surface area contributed by atoms with E-state index in [4.69, 9.17) is 11.6 Å². The molecule has 7 heteroatoms. The molecule has 4 nitrogen and oxygen atoms in total. The molecule has 0 saturated carbocycles. The van der Waals surface area contributed by atoms with E-state index in [-0.39, 0.29) is 11.8 Å². The second-order valence-electron chi connectivity index (χ2n) is 7.99. The van der Waals surface area contributed by atoms with E-state index in [9.17, 15) is 14.0 Å². The Hall–Kier alpha value is -2.83. The van der Waals surface area contributed by atoms with Gasteiger partial charge in [0.2, 0.25) is 0 Å². The van der Waals surface area contributed by atoms with Gasteiger partial charge in [-0.3, -0.25) is 9.59 Å². The van der Waals surface area contributed by atoms with Crippen molar-refractivity contribution in [2.45, 2.75) is 18.3 Å². The molecule has 1 saturated heterocycles. The number of fused-ring (bicyclic) bond motifs is 2. The van der Waals surface area contributed by atoms with E-state index in [1.165, 1.54) is 23.9 Å². The van der Waals surface area contributed by atoms with Crippen LogP contribution >= 0.6 is 23.4 Å². The zero-order valence-corrected chi connectivity index (χ0v) is 18.9. The van der Waals surface area contributed by atoms with E-state index in [2.05, 4.69) is 0 Å². The number of benzene rings is 3. The molecule has 2 aliphatic heterocycles. The average Bonchev–Trinajstić information content (AvgIpc) is 3.32. The summed E-state index contributed by atoms with van der Waals surface area (Å²) in [6.07, 6.45) is 0. The Balaban J connectivity index is 1.58. The summed E-state index contributed by atoms with van der Waals surface area (Å²) < 4.78 is 14.4. The van der Waals surface area contributed by atoms with Gasteiger partial charge < -0.3 is 9.80 Å². The van der Waals surface area contributed by atoms with Gasteiger partial charge in [0.1, 0.15) is 5.82 Å². The minimum atomic E-state index is -1.28. The smallest absolute Gasteiger partial charge is 0.268 e. The third-order valence-electron chi connectivity index (χ3n) is 5.95. The number of halogens is 2. The molecule has 3 aromatic carbocycles. The number of aryl methyl sites for hydroxylation is 1. The Morgan fingerprint density at radius 3 is 2.53 bits per heavy atom. The quantitative estimate of drug-likeness (QED) is 0.520. The Morgan fingerprint density at radius 2 is 1.81 bits per heavy atom. The van der Waals surface area contributed by atoms with Crippen LogP contribution in [0.1, 0.15) is 27.0 Å². The van der Waals surface area contributed by atoms with Gasteiger partial charge in [-0.15, -0.1) is 11.8 Å². The molecule has 0 N–H and O–H groups in total. The third kappa shape index (κ3) is 3.29. The Morgan fingerprint density at radius 1 is 1.09 bits per heavy atom. The van der Waals surface area contributed by atoms with Gasteiger partial charge in [0.05, 0.1) is 12.2 Å². The van der Waals surface area contributed by atoms with Crippen LogP contribution in [-0.4, -0.2) is 29.0 Å². The molecule has 1 fully saturated rings. The molecular formula is C25H20ClFN2O2S. The van der Waals surface area contributed by atoms with Gasteiger partial charge in [0.25, 0.3) is 11.8 Å². The highest BCUT2D eigenvalue weighted by Gasteiger charge is 2.59. The molecule has 32 heavy (non-hydrogen) atoms. The molecule has 0 radical (unpaired) electrons. The minimum Gasteiger partial charge on any atom is -0.311 e. The number of carbonyl (C=O) groups is 2. The van der Waals surface area contributed by atoms with E-state index in [1.807, 2.05) is 31.2 Å². The second-order valence-corrected chi connectivity index (χ2v) is 9.72. The van der Waals surface area contributed by atoms with Crippen molar-refractivity contribution in [1.82, 2.24) is 4.90 Å². The van der Waals surface area contributed by atoms with Crippen LogP contribution in [0.25, 0.3) is 0 Å². The lowest BCUT2D eigenvalue weighted by atomic mass is 10.0. The van der Waals surface area contributed by atoms with E-state index in [1.54, 1.807) is 40.1 Å². The highest BCUT2D eigenvalue weighted by Crippen LogP contribution is 2.54. The Kier molecular flexibility index (Phi) is 5.22. The molecule has 2 amide bonds. The SMILES string of the molecule is Cc1ccc(CN2C(=O)[C@]3(SCCN3C(=O)c3ccc(Cl)cc3)c3cc(F)ccc32)cc1. The predicted octanol–water partition coefficient (Wildman–Crippen LogP) is 5.38. The fourth-order valence-electron chi connectivity index (χ4n) is 4.37. The summed E-state index contributed by atoms with van der Waals surface area (Å²) in [5, 5.41) is 0.528. The molecule has 1 atom stereocenters. The molecule has 162 valence electrons. The van der Waals surface area contributed by atoms with Crippen molar-refractivity contribution in [1.29, 1.82) is 0 Å². The number of carbonyl (C=O) groups excluding carboxylic acids is 2. The van der Waals surface area contributed by atoms with Gasteiger partial charge in [-0.05, 0) is 55.0 Å². The molecule has 3 aromatic rings. The van der Waals surface area contributed by atoms with E-state index in [0.29, 0.717) is 40.7 Å². The minimum absolute atomic E-state index is 0.219. The summed E-state index contributed by atoms with van der Waals surface area (Å²) in [5.74, 6) is -0.338. The van der Waals surface area contributed by atoms with E-state index >= 15 is 0 Å². The molecule has 5 rings (SSSR count). The predicted molar refractivity (Wildman–Crippen MR) is 125 cm³/mol. The summed E-state index contributed by atoms with van der Waals surface area (Å²) in [4.78, 5) is 29.4. The number of nitrogens with zero attached hydrogens (tertiary/aromatic N) is 2. The van der Waals surface area contributed by atoms with Crippen LogP contribution in [0.5, 0.6) is 0 Å². The number of hydrogen-bond donors (Lipinski definition) is 0. The van der Waals surface area contributed by atoms with Gasteiger partial charge >= 0.3 is 0 Å². The lowest BCUT2D eigenvalue weighted by Crippen LogP contribution is -2.50. The van der Waals surface area contributed by atoms with Gasteiger partial charge in [0, 0.05) is 28.4 Å². The monoisotopic (exact) mass is 466 g/mol. The molecule has 2 aliphatic rings. The van der Waals surface area contributed by atoms with Crippen LogP contribution in [0.2, 0.25) is 5.02 Å². The fraction of sp³-hybridized carbons (Fsp3) is 0.200. The summed E-state index contributed by atoms with van der Waals surface area (Å²) >= 11 is 7.36. The molecule has 0 unspecified atom stereocenters. The number of hydrogen-bond acceptors (Lipinski definition) is 3. The van der Waals surface area contributed by atoms with Crippen LogP contribution in [0, 0.1) is 12.7 Å². The van der Waals surface area contributed by atoms with Crippen LogP contribution in [0.15, 0.2) is 66.7 Å². The summed E-state index contributed by atoms with van der Waals surface area (Å²) in [6, 6.07) is 18.9. The zero-order chi connectivity index (χ0) is 22.5. The van der Waals surface area contributed by atoms with Crippen molar-refractivity contribution in [2.24, 2.45) is 0 Å². The van der Waals surface area contributed by atoms with Crippen LogP contribution < -0.4 is 4.90 Å². The van der Waals surface area contributed by atoms with Crippen molar-refractivity contribution in [3.05, 3.63) is 99.8 Å². The third-order valence-corrected chi connectivity index (χ3v) is 7.62. The summed E-state index contributed by atoms with van der Waals surface area (Å²) in [6.45, 7) is 2.75. The average molecular weight is 467 g/mol. The van der Waals surface area contributed by atoms with E-state index in [0.717, 1.165) is 11.1 Å². The number of thioether (sulfide) groups is 1. The van der Waals surface area contributed by atoms with Crippen molar-refractivity contribution in [3.63, 3.8) is 0 Å². The largest absolute Gasteiger partial charge is 0.311 e. The van der Waals surface area contributed by atoms with Gasteiger partial charge in [-0.2, -0.15) is 0 Å². The molecule has 0 bridgehead atoms. The highest BCUT2D eigenvalue weighted by atomic mass is 35.5. The first-order valence-electron chi connectivity index (χ1n) is 10.3. The maximum atomic E-state index is 14.4. The molecule has 2 heterocycles. The number of rotatable bonds is 3. The van der Waals surface area contributed by atoms with Crippen LogP contribution in [0.4, 0.5) is 10.1 Å². The van der Waals surface area contributed by atoms with Crippen molar-refractivity contribution < 1.29 is 14.0 Å². The lowest BCUT2D eigenvalue weighted by molar-refractivity contribution is -0.123. The first kappa shape index (κ1) is 21.0. The van der Waals surface area contributed by atoms with Crippen molar-refractivity contribution in [3.8, 4) is 0 Å². The standard InChI is InChI=1S/C25H20ClFN2O2S/c1-16-2-4-17(5-3-16)15-28-22-11-10-20(27)14-21(22)25(24(28)31)29(12-13-32-25)23(30)18-6-8-19(26)9-7-18/h2-11,14H,12-13,15H2,1H3/t25-/m1/s1. The molecule has 0 aromatic heterocycles. The van der Waals surface area contributed by atoms with Gasteiger partial charge in [0.15, 0.2) is 4.87 Å². The molecule has 0 aliphatic carbocycles. The van der Waals surface area contributed by atoms with E-state index < -0.39 is 10.7 Å². The second kappa shape index (κ2) is 7.94. The van der Waals surface area contributed by atoms with Crippen LogP contribution in [0.3, 0.4) is 0 Å². The van der Waals surface area contributed by atoms with Gasteiger partial charge in [-0.25, -0.2) is 4.39 Å². The first-order valence-corrected chi connectivity index (χ1v) is 11.7. The summed E-state index contributed by atoms with van der Waals surface area (Å²) in [5.41, 5.74) is 3.71. The van der Waals surface area contributed by atoms with Crippen molar-refractivity contribution >= 4 is 40.9 Å².